The van der Waals surface area contributed by atoms with E-state index in [2.05, 4.69) is 50.2 Å². The molecule has 172 valence electrons. The third kappa shape index (κ3) is 3.78. The summed E-state index contributed by atoms with van der Waals surface area (Å²) in [5.41, 5.74) is 7.54. The molecule has 0 bridgehead atoms. The molecule has 0 saturated heterocycles. The lowest BCUT2D eigenvalue weighted by Crippen LogP contribution is -2.37. The molecule has 2 aromatic carbocycles. The summed E-state index contributed by atoms with van der Waals surface area (Å²) in [6.45, 7) is 1.87. The first kappa shape index (κ1) is 22.9. The Morgan fingerprint density at radius 3 is 2.56 bits per heavy atom. The van der Waals surface area contributed by atoms with Crippen molar-refractivity contribution < 1.29 is 18.4 Å². The predicted octanol–water partition coefficient (Wildman–Crippen LogP) is 2.90. The van der Waals surface area contributed by atoms with E-state index in [0.717, 1.165) is 18.3 Å². The van der Waals surface area contributed by atoms with E-state index in [0.29, 0.717) is 5.69 Å². The Morgan fingerprint density at radius 1 is 1.15 bits per heavy atom. The van der Waals surface area contributed by atoms with Gasteiger partial charge in [-0.25, -0.2) is 14.2 Å². The molecule has 1 unspecified atom stereocenters. The molecule has 1 atom stereocenters. The molecule has 2 N–H and O–H groups in total. The van der Waals surface area contributed by atoms with E-state index in [1.807, 2.05) is 48.5 Å². The van der Waals surface area contributed by atoms with Crippen molar-refractivity contribution in [1.82, 2.24) is 9.55 Å². The number of esters is 1. The molecule has 5 rings (SSSR count). The van der Waals surface area contributed by atoms with Crippen LogP contribution in [0.15, 0.2) is 62.2 Å². The number of carbonyl (C=O) groups excluding carboxylic acids is 1. The zero-order chi connectivity index (χ0) is 24.0. The number of halogens is 2. The third-order valence-corrected chi connectivity index (χ3v) is 7.36. The SMILES string of the molecule is CCOC(=O)C1=c2oc(=O)/c(=C\c3ccccc3I)n2-c2oc(N)nc2C1c1ccccc1I. The second-order valence-corrected chi connectivity index (χ2v) is 9.74. The summed E-state index contributed by atoms with van der Waals surface area (Å²) in [6, 6.07) is 15.1. The standard InChI is InChI=1S/C24H17I2N3O5/c1-2-32-23(31)18-17(13-8-4-6-10-15(13)26)19-21(34-24(27)28-19)29-16(22(30)33-20(18)29)11-12-7-3-5-9-14(12)25/h3-11,17H,2H2,1H3,(H2,27,28)/b16-11+. The van der Waals surface area contributed by atoms with Gasteiger partial charge in [0, 0.05) is 7.14 Å². The lowest BCUT2D eigenvalue weighted by atomic mass is 9.87. The van der Waals surface area contributed by atoms with Crippen LogP contribution in [0.2, 0.25) is 0 Å². The Morgan fingerprint density at radius 2 is 1.85 bits per heavy atom. The molecular formula is C24H17I2N3O5. The van der Waals surface area contributed by atoms with Crippen LogP contribution in [0.3, 0.4) is 0 Å². The fourth-order valence-corrected chi connectivity index (χ4v) is 5.24. The Kier molecular flexibility index (Phi) is 6.10. The van der Waals surface area contributed by atoms with Gasteiger partial charge in [0.15, 0.2) is 0 Å². The van der Waals surface area contributed by atoms with Gasteiger partial charge in [0.2, 0.25) is 11.4 Å². The highest BCUT2D eigenvalue weighted by atomic mass is 127. The molecule has 8 nitrogen and oxygen atoms in total. The fourth-order valence-electron chi connectivity index (χ4n) is 4.00. The van der Waals surface area contributed by atoms with Gasteiger partial charge in [-0.1, -0.05) is 36.4 Å². The largest absolute Gasteiger partial charge is 0.462 e. The van der Waals surface area contributed by atoms with Crippen LogP contribution >= 0.6 is 45.2 Å². The number of aromatic nitrogens is 2. The number of ether oxygens (including phenoxy) is 1. The van der Waals surface area contributed by atoms with Gasteiger partial charge >= 0.3 is 11.6 Å². The second kappa shape index (κ2) is 9.06. The number of fused-ring (bicyclic) bond motifs is 3. The molecule has 1 aliphatic heterocycles. The van der Waals surface area contributed by atoms with Crippen molar-refractivity contribution in [2.24, 2.45) is 0 Å². The van der Waals surface area contributed by atoms with E-state index in [-0.39, 0.29) is 35.0 Å². The molecular weight excluding hydrogens is 664 g/mol. The highest BCUT2D eigenvalue weighted by Crippen LogP contribution is 2.40. The molecule has 0 aliphatic carbocycles. The molecule has 0 fully saturated rings. The van der Waals surface area contributed by atoms with E-state index >= 15 is 0 Å². The lowest BCUT2D eigenvalue weighted by Gasteiger charge is -2.22. The van der Waals surface area contributed by atoms with Gasteiger partial charge in [-0.2, -0.15) is 4.98 Å². The molecule has 2 aromatic heterocycles. The van der Waals surface area contributed by atoms with Crippen molar-refractivity contribution in [1.29, 1.82) is 0 Å². The molecule has 0 saturated carbocycles. The summed E-state index contributed by atoms with van der Waals surface area (Å²) < 4.78 is 20.1. The van der Waals surface area contributed by atoms with Gasteiger partial charge in [-0.3, -0.25) is 0 Å². The van der Waals surface area contributed by atoms with Crippen LogP contribution in [0.25, 0.3) is 17.5 Å². The average Bonchev–Trinajstić information content (AvgIpc) is 3.34. The Bertz CT molecular complexity index is 1620. The summed E-state index contributed by atoms with van der Waals surface area (Å²) in [7, 11) is 0. The minimum absolute atomic E-state index is 0.0361. The molecule has 0 spiro atoms. The van der Waals surface area contributed by atoms with E-state index in [9.17, 15) is 9.59 Å². The Labute approximate surface area is 220 Å². The predicted molar refractivity (Wildman–Crippen MR) is 142 cm³/mol. The lowest BCUT2D eigenvalue weighted by molar-refractivity contribution is -0.136. The van der Waals surface area contributed by atoms with Crippen LogP contribution in [-0.4, -0.2) is 22.1 Å². The number of nitrogens with two attached hydrogens (primary N) is 1. The van der Waals surface area contributed by atoms with Crippen LogP contribution < -0.4 is 22.3 Å². The maximum atomic E-state index is 13.3. The topological polar surface area (TPSA) is 113 Å². The molecule has 4 aromatic rings. The van der Waals surface area contributed by atoms with E-state index in [1.165, 1.54) is 4.57 Å². The smallest absolute Gasteiger partial charge is 0.362 e. The van der Waals surface area contributed by atoms with Crippen molar-refractivity contribution in [3.8, 4) is 5.88 Å². The molecule has 0 amide bonds. The van der Waals surface area contributed by atoms with Gasteiger partial charge < -0.3 is 19.3 Å². The van der Waals surface area contributed by atoms with Gasteiger partial charge in [-0.05, 0) is 81.4 Å². The quantitative estimate of drug-likeness (QED) is 0.261. The van der Waals surface area contributed by atoms with Crippen LogP contribution in [0.5, 0.6) is 0 Å². The minimum Gasteiger partial charge on any atom is -0.462 e. The summed E-state index contributed by atoms with van der Waals surface area (Å²) in [5.74, 6) is -1.07. The first-order chi connectivity index (χ1) is 16.4. The zero-order valence-corrected chi connectivity index (χ0v) is 22.1. The van der Waals surface area contributed by atoms with Gasteiger partial charge in [0.25, 0.3) is 6.01 Å². The number of oxazole rings is 2. The minimum atomic E-state index is -0.696. The summed E-state index contributed by atoms with van der Waals surface area (Å²) in [5, 5.41) is 0.180. The summed E-state index contributed by atoms with van der Waals surface area (Å²) >= 11 is 4.38. The third-order valence-electron chi connectivity index (χ3n) is 5.40. The number of carbonyl (C=O) groups is 1. The number of nitrogen functional groups attached to an aromatic ring is 1. The van der Waals surface area contributed by atoms with Crippen molar-refractivity contribution in [3.05, 3.63) is 93.8 Å². The van der Waals surface area contributed by atoms with Gasteiger partial charge in [0.1, 0.15) is 16.6 Å². The second-order valence-electron chi connectivity index (χ2n) is 7.41. The average molecular weight is 681 g/mol. The van der Waals surface area contributed by atoms with Crippen LogP contribution in [0.4, 0.5) is 6.01 Å². The summed E-state index contributed by atoms with van der Waals surface area (Å²) in [4.78, 5) is 30.8. The molecule has 1 aliphatic rings. The van der Waals surface area contributed by atoms with Crippen LogP contribution in [-0.2, 0) is 9.53 Å². The van der Waals surface area contributed by atoms with Crippen molar-refractivity contribution in [3.63, 3.8) is 0 Å². The number of hydrogen-bond donors (Lipinski definition) is 1. The maximum absolute atomic E-state index is 13.3. The van der Waals surface area contributed by atoms with Crippen LogP contribution in [0, 0.1) is 7.14 Å². The molecule has 34 heavy (non-hydrogen) atoms. The van der Waals surface area contributed by atoms with E-state index < -0.39 is 17.5 Å². The van der Waals surface area contributed by atoms with Crippen molar-refractivity contribution in [2.45, 2.75) is 12.8 Å². The Balaban J connectivity index is 1.94. The monoisotopic (exact) mass is 681 g/mol. The highest BCUT2D eigenvalue weighted by Gasteiger charge is 2.40. The van der Waals surface area contributed by atoms with E-state index in [1.54, 1.807) is 13.0 Å². The fraction of sp³-hybridized carbons (Fsp3) is 0.125. The number of nitrogens with zero attached hydrogens (tertiary/aromatic N) is 2. The summed E-state index contributed by atoms with van der Waals surface area (Å²) in [6.07, 6.45) is 1.69. The number of hydrogen-bond acceptors (Lipinski definition) is 7. The molecule has 0 radical (unpaired) electrons. The van der Waals surface area contributed by atoms with Crippen LogP contribution in [0.1, 0.15) is 29.7 Å². The molecule has 10 heteroatoms. The van der Waals surface area contributed by atoms with Crippen molar-refractivity contribution >= 4 is 68.8 Å². The normalized spacial score (nSPS) is 15.2. The van der Waals surface area contributed by atoms with Gasteiger partial charge in [0.05, 0.1) is 12.5 Å². The van der Waals surface area contributed by atoms with E-state index in [4.69, 9.17) is 19.3 Å². The van der Waals surface area contributed by atoms with Gasteiger partial charge in [-0.15, -0.1) is 0 Å². The maximum Gasteiger partial charge on any atom is 0.362 e. The van der Waals surface area contributed by atoms with Crippen molar-refractivity contribution in [2.75, 3.05) is 12.3 Å². The Hall–Kier alpha value is -2.87. The zero-order valence-electron chi connectivity index (χ0n) is 17.7. The first-order valence-electron chi connectivity index (χ1n) is 10.3. The first-order valence-corrected chi connectivity index (χ1v) is 12.5. The number of benzene rings is 2. The number of rotatable bonds is 4. The highest BCUT2D eigenvalue weighted by molar-refractivity contribution is 14.1. The number of anilines is 1. The molecule has 3 heterocycles.